The molecule has 50 valence electrons. The second-order valence-corrected chi connectivity index (χ2v) is 2.20. The Morgan fingerprint density at radius 1 is 1.44 bits per heavy atom. The molecule has 0 bridgehead atoms. The van der Waals surface area contributed by atoms with Crippen LogP contribution in [-0.2, 0) is 7.05 Å². The minimum atomic E-state index is -0.0370. The number of rotatable bonds is 0. The van der Waals surface area contributed by atoms with Crippen molar-refractivity contribution >= 4 is 0 Å². The molecule has 0 aliphatic rings. The Morgan fingerprint density at radius 2 is 2.00 bits per heavy atom. The zero-order valence-electron chi connectivity index (χ0n) is 5.86. The summed E-state index contributed by atoms with van der Waals surface area (Å²) in [5, 5.41) is 0. The molecule has 0 aliphatic heterocycles. The van der Waals surface area contributed by atoms with Crippen LogP contribution >= 0.6 is 0 Å². The molecule has 9 heavy (non-hydrogen) atoms. The molecule has 1 heterocycles. The van der Waals surface area contributed by atoms with Crippen LogP contribution in [-0.4, -0.2) is 9.55 Å². The van der Waals surface area contributed by atoms with Crippen molar-refractivity contribution in [1.82, 2.24) is 9.55 Å². The summed E-state index contributed by atoms with van der Waals surface area (Å²) in [6.45, 7) is 3.80. The molecule has 3 nitrogen and oxygen atoms in total. The summed E-state index contributed by atoms with van der Waals surface area (Å²) in [4.78, 5) is 13.5. The lowest BCUT2D eigenvalue weighted by Crippen LogP contribution is -2.12. The van der Waals surface area contributed by atoms with Gasteiger partial charge in [-0.3, -0.25) is 4.57 Å². The Bertz CT molecular complexity index is 269. The summed E-state index contributed by atoms with van der Waals surface area (Å²) in [6.07, 6.45) is 0. The van der Waals surface area contributed by atoms with Gasteiger partial charge in [0, 0.05) is 18.4 Å². The van der Waals surface area contributed by atoms with Crippen molar-refractivity contribution < 1.29 is 0 Å². The van der Waals surface area contributed by atoms with Gasteiger partial charge in [0.25, 0.3) is 0 Å². The number of H-pyrrole nitrogens is 1. The highest BCUT2D eigenvalue weighted by atomic mass is 16.1. The first-order valence-corrected chi connectivity index (χ1v) is 2.85. The number of nitrogens with one attached hydrogen (secondary N) is 1. The molecular weight excluding hydrogens is 116 g/mol. The number of aryl methyl sites for hydroxylation is 1. The zero-order chi connectivity index (χ0) is 7.02. The lowest BCUT2D eigenvalue weighted by Gasteiger charge is -1.90. The van der Waals surface area contributed by atoms with Gasteiger partial charge >= 0.3 is 5.69 Å². The van der Waals surface area contributed by atoms with Crippen LogP contribution in [0, 0.1) is 13.8 Å². The molecule has 0 aliphatic carbocycles. The van der Waals surface area contributed by atoms with Crippen LogP contribution in [0.5, 0.6) is 0 Å². The highest BCUT2D eigenvalue weighted by Crippen LogP contribution is 1.95. The first-order chi connectivity index (χ1) is 4.13. The largest absolute Gasteiger partial charge is 0.325 e. The van der Waals surface area contributed by atoms with E-state index in [-0.39, 0.29) is 5.69 Å². The predicted octanol–water partition coefficient (Wildman–Crippen LogP) is 0.330. The molecule has 0 spiro atoms. The topological polar surface area (TPSA) is 37.8 Å². The van der Waals surface area contributed by atoms with E-state index in [4.69, 9.17) is 0 Å². The summed E-state index contributed by atoms with van der Waals surface area (Å²) in [5.41, 5.74) is 1.91. The lowest BCUT2D eigenvalue weighted by atomic mass is 10.4. The molecular formula is C6H10N2O. The molecule has 0 amide bonds. The van der Waals surface area contributed by atoms with Gasteiger partial charge in [0.1, 0.15) is 0 Å². The van der Waals surface area contributed by atoms with Crippen molar-refractivity contribution in [3.63, 3.8) is 0 Å². The molecule has 0 fully saturated rings. The zero-order valence-corrected chi connectivity index (χ0v) is 5.86. The maximum atomic E-state index is 10.8. The van der Waals surface area contributed by atoms with E-state index in [0.717, 1.165) is 11.4 Å². The molecule has 0 saturated carbocycles. The number of aromatic amines is 1. The summed E-state index contributed by atoms with van der Waals surface area (Å²) in [5.74, 6) is 0. The van der Waals surface area contributed by atoms with Crippen LogP contribution in [0.2, 0.25) is 0 Å². The van der Waals surface area contributed by atoms with Crippen molar-refractivity contribution in [2.24, 2.45) is 7.05 Å². The molecule has 1 N–H and O–H groups in total. The van der Waals surface area contributed by atoms with E-state index in [9.17, 15) is 4.79 Å². The first kappa shape index (κ1) is 6.13. The van der Waals surface area contributed by atoms with Gasteiger partial charge in [0.15, 0.2) is 0 Å². The predicted molar refractivity (Wildman–Crippen MR) is 35.5 cm³/mol. The highest BCUT2D eigenvalue weighted by Gasteiger charge is 1.99. The Hall–Kier alpha value is -0.990. The second-order valence-electron chi connectivity index (χ2n) is 2.20. The van der Waals surface area contributed by atoms with Gasteiger partial charge < -0.3 is 4.98 Å². The van der Waals surface area contributed by atoms with Crippen LogP contribution in [0.3, 0.4) is 0 Å². The minimum Gasteiger partial charge on any atom is -0.310 e. The van der Waals surface area contributed by atoms with Crippen molar-refractivity contribution in [2.75, 3.05) is 0 Å². The third-order valence-corrected chi connectivity index (χ3v) is 1.64. The van der Waals surface area contributed by atoms with Gasteiger partial charge in [-0.1, -0.05) is 0 Å². The Kier molecular flexibility index (Phi) is 1.20. The Labute approximate surface area is 53.3 Å². The lowest BCUT2D eigenvalue weighted by molar-refractivity contribution is 0.829. The van der Waals surface area contributed by atoms with Crippen LogP contribution in [0.25, 0.3) is 0 Å². The third-order valence-electron chi connectivity index (χ3n) is 1.64. The van der Waals surface area contributed by atoms with Crippen molar-refractivity contribution in [1.29, 1.82) is 0 Å². The van der Waals surface area contributed by atoms with Gasteiger partial charge in [0.2, 0.25) is 0 Å². The monoisotopic (exact) mass is 126 g/mol. The maximum absolute atomic E-state index is 10.8. The van der Waals surface area contributed by atoms with E-state index >= 15 is 0 Å². The molecule has 0 saturated heterocycles. The fourth-order valence-electron chi connectivity index (χ4n) is 0.739. The molecule has 0 aromatic carbocycles. The molecule has 0 radical (unpaired) electrons. The van der Waals surface area contributed by atoms with Crippen molar-refractivity contribution in [3.05, 3.63) is 21.9 Å². The third kappa shape index (κ3) is 0.781. The van der Waals surface area contributed by atoms with E-state index in [2.05, 4.69) is 4.98 Å². The highest BCUT2D eigenvalue weighted by molar-refractivity contribution is 5.07. The van der Waals surface area contributed by atoms with Gasteiger partial charge in [-0.15, -0.1) is 0 Å². The number of imidazole rings is 1. The molecule has 1 aromatic heterocycles. The summed E-state index contributed by atoms with van der Waals surface area (Å²) >= 11 is 0. The molecule has 1 rings (SSSR count). The smallest absolute Gasteiger partial charge is 0.310 e. The van der Waals surface area contributed by atoms with Crippen LogP contribution < -0.4 is 5.69 Å². The SMILES string of the molecule is Cc1[nH]c(=O)n(C)c1C. The van der Waals surface area contributed by atoms with E-state index in [1.54, 1.807) is 11.6 Å². The number of nitrogens with zero attached hydrogens (tertiary/aromatic N) is 1. The number of hydrogen-bond acceptors (Lipinski definition) is 1. The number of hydrogen-bond donors (Lipinski definition) is 1. The van der Waals surface area contributed by atoms with E-state index in [0.29, 0.717) is 0 Å². The molecule has 0 atom stereocenters. The Balaban J connectivity index is 3.47. The van der Waals surface area contributed by atoms with Crippen LogP contribution in [0.4, 0.5) is 0 Å². The maximum Gasteiger partial charge on any atom is 0.325 e. The van der Waals surface area contributed by atoms with E-state index < -0.39 is 0 Å². The average Bonchev–Trinajstić information content (AvgIpc) is 1.98. The van der Waals surface area contributed by atoms with Gasteiger partial charge in [-0.25, -0.2) is 4.79 Å². The van der Waals surface area contributed by atoms with Crippen LogP contribution in [0.15, 0.2) is 4.79 Å². The Morgan fingerprint density at radius 3 is 2.11 bits per heavy atom. The quantitative estimate of drug-likeness (QED) is 0.534. The normalized spacial score (nSPS) is 10.1. The molecule has 0 unspecified atom stereocenters. The average molecular weight is 126 g/mol. The van der Waals surface area contributed by atoms with Crippen molar-refractivity contribution in [3.8, 4) is 0 Å². The standard InChI is InChI=1S/C6H10N2O/c1-4-5(2)8(3)6(9)7-4/h1-3H3,(H,7,9). The number of aromatic nitrogens is 2. The minimum absolute atomic E-state index is 0.0370. The van der Waals surface area contributed by atoms with Gasteiger partial charge in [0.05, 0.1) is 0 Å². The summed E-state index contributed by atoms with van der Waals surface area (Å²) in [6, 6.07) is 0. The second kappa shape index (κ2) is 1.76. The van der Waals surface area contributed by atoms with Crippen molar-refractivity contribution in [2.45, 2.75) is 13.8 Å². The fraction of sp³-hybridized carbons (Fsp3) is 0.500. The molecule has 3 heteroatoms. The summed E-state index contributed by atoms with van der Waals surface area (Å²) < 4.78 is 1.59. The van der Waals surface area contributed by atoms with Gasteiger partial charge in [-0.05, 0) is 13.8 Å². The van der Waals surface area contributed by atoms with Crippen LogP contribution in [0.1, 0.15) is 11.4 Å². The summed E-state index contributed by atoms with van der Waals surface area (Å²) in [7, 11) is 1.75. The first-order valence-electron chi connectivity index (χ1n) is 2.85. The van der Waals surface area contributed by atoms with E-state index in [1.165, 1.54) is 0 Å². The molecule has 1 aromatic rings. The fourth-order valence-corrected chi connectivity index (χ4v) is 0.739. The van der Waals surface area contributed by atoms with Gasteiger partial charge in [-0.2, -0.15) is 0 Å². The van der Waals surface area contributed by atoms with E-state index in [1.807, 2.05) is 13.8 Å².